The first-order chi connectivity index (χ1) is 15.6. The van der Waals surface area contributed by atoms with Crippen molar-refractivity contribution in [1.29, 1.82) is 0 Å². The van der Waals surface area contributed by atoms with E-state index < -0.39 is 5.97 Å². The Morgan fingerprint density at radius 2 is 1.25 bits per heavy atom. The molecule has 2 amide bonds. The molecule has 0 radical (unpaired) electrons. The molecule has 0 atom stereocenters. The quantitative estimate of drug-likeness (QED) is 0.182. The minimum absolute atomic E-state index is 0.0232. The van der Waals surface area contributed by atoms with Gasteiger partial charge in [-0.15, -0.1) is 0 Å². The molecule has 190 valence electrons. The molecule has 32 heavy (non-hydrogen) atoms. The number of ether oxygens (including phenoxy) is 2. The van der Waals surface area contributed by atoms with Crippen molar-refractivity contribution in [3.63, 3.8) is 0 Å². The molecule has 9 heteroatoms. The molecule has 0 aromatic heterocycles. The normalized spacial score (nSPS) is 10.2. The Kier molecular flexibility index (Phi) is 27.7. The van der Waals surface area contributed by atoms with Gasteiger partial charge < -0.3 is 30.9 Å². The number of hydrogen-bond donors (Lipinski definition) is 4. The second-order valence-corrected chi connectivity index (χ2v) is 7.23. The Balaban J connectivity index is 0. The van der Waals surface area contributed by atoms with Gasteiger partial charge in [-0.2, -0.15) is 0 Å². The van der Waals surface area contributed by atoms with Crippen LogP contribution >= 0.6 is 0 Å². The molecule has 0 aromatic rings. The van der Waals surface area contributed by atoms with E-state index in [-0.39, 0.29) is 24.8 Å². The van der Waals surface area contributed by atoms with E-state index >= 15 is 0 Å². The lowest BCUT2D eigenvalue weighted by Gasteiger charge is -2.08. The van der Waals surface area contributed by atoms with Gasteiger partial charge in [-0.05, 0) is 25.8 Å². The van der Waals surface area contributed by atoms with Gasteiger partial charge in [-0.25, -0.2) is 0 Å². The van der Waals surface area contributed by atoms with Gasteiger partial charge in [-0.3, -0.25) is 14.4 Å². The molecule has 0 heterocycles. The molecule has 0 saturated heterocycles. The lowest BCUT2D eigenvalue weighted by Crippen LogP contribution is -2.29. The average molecular weight is 462 g/mol. The van der Waals surface area contributed by atoms with Gasteiger partial charge in [0.1, 0.15) is 6.61 Å². The number of aliphatic carboxylic acids is 1. The zero-order chi connectivity index (χ0) is 24.3. The molecular weight excluding hydrogens is 414 g/mol. The van der Waals surface area contributed by atoms with Crippen molar-refractivity contribution in [2.75, 3.05) is 46.1 Å². The standard InChI is InChI=1S/C21H41N3O6.C2H6/c22-12-9-10-19(25)24-14-15-29-16-17-30-18-20(26)23-13-8-6-4-2-1-3-5-7-11-21(27)28;1-2/h1-18,22H2,(H,23,26)(H,24,25)(H,27,28);1-2H3. The SMILES string of the molecule is CC.NCCCC(=O)NCCOCCOCC(=O)NCCCCCCCCCCC(=O)O. The predicted octanol–water partition coefficient (Wildman–Crippen LogP) is 2.61. The van der Waals surface area contributed by atoms with Gasteiger partial charge in [0.2, 0.25) is 11.8 Å². The van der Waals surface area contributed by atoms with Crippen molar-refractivity contribution in [2.45, 2.75) is 84.5 Å². The number of hydrogen-bond acceptors (Lipinski definition) is 6. The highest BCUT2D eigenvalue weighted by Gasteiger charge is 2.02. The largest absolute Gasteiger partial charge is 0.481 e. The zero-order valence-corrected chi connectivity index (χ0v) is 20.3. The highest BCUT2D eigenvalue weighted by Crippen LogP contribution is 2.09. The van der Waals surface area contributed by atoms with Gasteiger partial charge in [0.05, 0.1) is 19.8 Å². The van der Waals surface area contributed by atoms with Crippen LogP contribution in [0.15, 0.2) is 0 Å². The Bertz CT molecular complexity index is 449. The summed E-state index contributed by atoms with van der Waals surface area (Å²) in [5.41, 5.74) is 5.34. The first-order valence-electron chi connectivity index (χ1n) is 12.2. The summed E-state index contributed by atoms with van der Waals surface area (Å²) >= 11 is 0. The number of carboxylic acid groups (broad SMARTS) is 1. The summed E-state index contributed by atoms with van der Waals surface area (Å²) in [6, 6.07) is 0. The number of unbranched alkanes of at least 4 members (excludes halogenated alkanes) is 7. The van der Waals surface area contributed by atoms with Crippen LogP contribution in [0.5, 0.6) is 0 Å². The van der Waals surface area contributed by atoms with Crippen LogP contribution in [-0.4, -0.2) is 69.0 Å². The van der Waals surface area contributed by atoms with Gasteiger partial charge in [-0.1, -0.05) is 52.4 Å². The van der Waals surface area contributed by atoms with E-state index in [1.165, 1.54) is 0 Å². The summed E-state index contributed by atoms with van der Waals surface area (Å²) in [6.07, 6.45) is 9.69. The van der Waals surface area contributed by atoms with E-state index in [9.17, 15) is 14.4 Å². The Morgan fingerprint density at radius 3 is 1.88 bits per heavy atom. The molecular formula is C23H47N3O6. The van der Waals surface area contributed by atoms with Crippen molar-refractivity contribution in [1.82, 2.24) is 10.6 Å². The summed E-state index contributed by atoms with van der Waals surface area (Å²) in [5.74, 6) is -0.863. The van der Waals surface area contributed by atoms with Crippen molar-refractivity contribution in [3.8, 4) is 0 Å². The van der Waals surface area contributed by atoms with Gasteiger partial charge in [0.25, 0.3) is 0 Å². The highest BCUT2D eigenvalue weighted by atomic mass is 16.5. The van der Waals surface area contributed by atoms with Gasteiger partial charge >= 0.3 is 5.97 Å². The number of carbonyl (C=O) groups excluding carboxylic acids is 2. The van der Waals surface area contributed by atoms with Gasteiger partial charge in [0.15, 0.2) is 0 Å². The van der Waals surface area contributed by atoms with Crippen molar-refractivity contribution in [3.05, 3.63) is 0 Å². The Morgan fingerprint density at radius 1 is 0.688 bits per heavy atom. The lowest BCUT2D eigenvalue weighted by molar-refractivity contribution is -0.137. The van der Waals surface area contributed by atoms with Crippen LogP contribution in [0, 0.1) is 0 Å². The zero-order valence-electron chi connectivity index (χ0n) is 20.3. The smallest absolute Gasteiger partial charge is 0.303 e. The number of rotatable bonds is 22. The third kappa shape index (κ3) is 28.3. The van der Waals surface area contributed by atoms with Crippen LogP contribution in [0.3, 0.4) is 0 Å². The molecule has 0 aliphatic heterocycles. The predicted molar refractivity (Wildman–Crippen MR) is 126 cm³/mol. The van der Waals surface area contributed by atoms with Crippen LogP contribution < -0.4 is 16.4 Å². The fourth-order valence-corrected chi connectivity index (χ4v) is 2.74. The third-order valence-corrected chi connectivity index (χ3v) is 4.42. The number of nitrogens with one attached hydrogen (secondary N) is 2. The molecule has 0 bridgehead atoms. The lowest BCUT2D eigenvalue weighted by atomic mass is 10.1. The van der Waals surface area contributed by atoms with E-state index in [0.29, 0.717) is 52.3 Å². The summed E-state index contributed by atoms with van der Waals surface area (Å²) in [4.78, 5) is 33.4. The fraction of sp³-hybridized carbons (Fsp3) is 0.870. The Labute approximate surface area is 194 Å². The molecule has 0 spiro atoms. The van der Waals surface area contributed by atoms with E-state index in [4.69, 9.17) is 20.3 Å². The van der Waals surface area contributed by atoms with E-state index in [1.807, 2.05) is 13.8 Å². The average Bonchev–Trinajstić information content (AvgIpc) is 2.78. The molecule has 0 aromatic carbocycles. The number of nitrogens with two attached hydrogens (primary N) is 1. The number of carbonyl (C=O) groups is 3. The van der Waals surface area contributed by atoms with Crippen molar-refractivity contribution < 1.29 is 29.0 Å². The highest BCUT2D eigenvalue weighted by molar-refractivity contribution is 5.77. The second-order valence-electron chi connectivity index (χ2n) is 7.23. The number of carboxylic acids is 1. The summed E-state index contributed by atoms with van der Waals surface area (Å²) < 4.78 is 10.6. The van der Waals surface area contributed by atoms with Crippen molar-refractivity contribution in [2.24, 2.45) is 5.73 Å². The summed E-state index contributed by atoms with van der Waals surface area (Å²) in [5, 5.41) is 14.1. The number of amides is 2. The first kappa shape index (κ1) is 32.5. The summed E-state index contributed by atoms with van der Waals surface area (Å²) in [7, 11) is 0. The minimum atomic E-state index is -0.715. The molecule has 0 fully saturated rings. The maximum Gasteiger partial charge on any atom is 0.303 e. The molecule has 9 nitrogen and oxygen atoms in total. The molecule has 0 aliphatic rings. The third-order valence-electron chi connectivity index (χ3n) is 4.42. The van der Waals surface area contributed by atoms with E-state index in [1.54, 1.807) is 0 Å². The van der Waals surface area contributed by atoms with Gasteiger partial charge in [0, 0.05) is 25.9 Å². The Hall–Kier alpha value is -1.71. The molecule has 0 rings (SSSR count). The maximum atomic E-state index is 11.6. The molecule has 5 N–H and O–H groups in total. The fourth-order valence-electron chi connectivity index (χ4n) is 2.74. The summed E-state index contributed by atoms with van der Waals surface area (Å²) in [6.45, 7) is 6.76. The van der Waals surface area contributed by atoms with Crippen LogP contribution in [0.1, 0.15) is 84.5 Å². The monoisotopic (exact) mass is 461 g/mol. The van der Waals surface area contributed by atoms with Crippen LogP contribution in [0.25, 0.3) is 0 Å². The second kappa shape index (κ2) is 27.3. The minimum Gasteiger partial charge on any atom is -0.481 e. The van der Waals surface area contributed by atoms with E-state index in [2.05, 4.69) is 10.6 Å². The maximum absolute atomic E-state index is 11.6. The van der Waals surface area contributed by atoms with Crippen LogP contribution in [0.4, 0.5) is 0 Å². The van der Waals surface area contributed by atoms with Crippen molar-refractivity contribution >= 4 is 17.8 Å². The first-order valence-corrected chi connectivity index (χ1v) is 12.2. The topological polar surface area (TPSA) is 140 Å². The van der Waals surface area contributed by atoms with E-state index in [0.717, 1.165) is 51.4 Å². The molecule has 0 aliphatic carbocycles. The molecule has 0 unspecified atom stereocenters. The van der Waals surface area contributed by atoms with Crippen LogP contribution in [-0.2, 0) is 23.9 Å². The van der Waals surface area contributed by atoms with Crippen LogP contribution in [0.2, 0.25) is 0 Å². The molecule has 0 saturated carbocycles.